The van der Waals surface area contributed by atoms with Gasteiger partial charge in [0.15, 0.2) is 0 Å². The Labute approximate surface area is 184 Å². The van der Waals surface area contributed by atoms with Gasteiger partial charge < -0.3 is 15.0 Å². The number of hydrogen-bond acceptors (Lipinski definition) is 4. The van der Waals surface area contributed by atoms with E-state index >= 15 is 0 Å². The quantitative estimate of drug-likeness (QED) is 0.688. The third kappa shape index (κ3) is 6.12. The first kappa shape index (κ1) is 23.4. The molecule has 2 aromatic carbocycles. The molecule has 1 aliphatic heterocycles. The van der Waals surface area contributed by atoms with Crippen LogP contribution in [0.5, 0.6) is 0 Å². The molecule has 0 radical (unpaired) electrons. The minimum atomic E-state index is -4.50. The lowest BCUT2D eigenvalue weighted by atomic mass is 10.1. The summed E-state index contributed by atoms with van der Waals surface area (Å²) in [4.78, 5) is 16.6. The Morgan fingerprint density at radius 3 is 2.45 bits per heavy atom. The van der Waals surface area contributed by atoms with Crippen LogP contribution < -0.4 is 10.2 Å². The molecule has 3 rings (SSSR count). The fraction of sp³-hybridized carbons (Fsp3) is 0.409. The zero-order valence-corrected chi connectivity index (χ0v) is 18.1. The molecule has 0 unspecified atom stereocenters. The van der Waals surface area contributed by atoms with Crippen LogP contribution in [0, 0.1) is 0 Å². The Hall–Kier alpha value is -2.29. The van der Waals surface area contributed by atoms with E-state index < -0.39 is 17.8 Å². The van der Waals surface area contributed by atoms with Crippen molar-refractivity contribution in [3.63, 3.8) is 0 Å². The maximum Gasteiger partial charge on any atom is 0.416 e. The number of halogens is 4. The molecule has 2 aromatic rings. The summed E-state index contributed by atoms with van der Waals surface area (Å²) in [7, 11) is 1.79. The van der Waals surface area contributed by atoms with Crippen LogP contribution in [0.15, 0.2) is 42.5 Å². The first-order chi connectivity index (χ1) is 14.6. The smallest absolute Gasteiger partial charge is 0.378 e. The van der Waals surface area contributed by atoms with E-state index in [1.165, 1.54) is 6.07 Å². The van der Waals surface area contributed by atoms with E-state index in [0.29, 0.717) is 43.6 Å². The van der Waals surface area contributed by atoms with Gasteiger partial charge in [0.05, 0.1) is 36.2 Å². The highest BCUT2D eigenvalue weighted by molar-refractivity contribution is 6.30. The molecule has 0 bridgehead atoms. The van der Waals surface area contributed by atoms with Crippen LogP contribution in [0.25, 0.3) is 0 Å². The molecule has 31 heavy (non-hydrogen) atoms. The highest BCUT2D eigenvalue weighted by Gasteiger charge is 2.32. The second kappa shape index (κ2) is 9.89. The van der Waals surface area contributed by atoms with Gasteiger partial charge in [-0.3, -0.25) is 9.69 Å². The highest BCUT2D eigenvalue weighted by Crippen LogP contribution is 2.36. The molecule has 0 aliphatic carbocycles. The summed E-state index contributed by atoms with van der Waals surface area (Å²) in [5.74, 6) is -0.384. The number of likely N-dealkylation sites (N-methyl/N-ethyl adjacent to an activating group) is 1. The Balaban J connectivity index is 1.78. The zero-order chi connectivity index (χ0) is 22.6. The minimum absolute atomic E-state index is 0.147. The van der Waals surface area contributed by atoms with Gasteiger partial charge in [0, 0.05) is 24.7 Å². The molecule has 1 N–H and O–H groups in total. The number of morpholine rings is 1. The van der Waals surface area contributed by atoms with Crippen LogP contribution >= 0.6 is 11.6 Å². The second-order valence-electron chi connectivity index (χ2n) is 7.54. The van der Waals surface area contributed by atoms with Crippen LogP contribution in [-0.4, -0.2) is 50.2 Å². The van der Waals surface area contributed by atoms with Gasteiger partial charge in [-0.05, 0) is 49.9 Å². The van der Waals surface area contributed by atoms with Gasteiger partial charge in [0.1, 0.15) is 0 Å². The molecule has 0 aromatic heterocycles. The number of benzene rings is 2. The fourth-order valence-electron chi connectivity index (χ4n) is 3.34. The largest absolute Gasteiger partial charge is 0.416 e. The fourth-order valence-corrected chi connectivity index (χ4v) is 3.47. The number of hydrogen-bond donors (Lipinski definition) is 1. The van der Waals surface area contributed by atoms with Crippen molar-refractivity contribution in [2.45, 2.75) is 25.7 Å². The lowest BCUT2D eigenvalue weighted by molar-refractivity contribution is -0.137. The first-order valence-corrected chi connectivity index (χ1v) is 10.3. The van der Waals surface area contributed by atoms with E-state index in [4.69, 9.17) is 16.3 Å². The molecule has 1 fully saturated rings. The number of nitrogens with zero attached hydrogens (tertiary/aromatic N) is 2. The summed E-state index contributed by atoms with van der Waals surface area (Å²) in [6, 6.07) is 10.2. The predicted molar refractivity (Wildman–Crippen MR) is 115 cm³/mol. The molecule has 1 heterocycles. The Kier molecular flexibility index (Phi) is 7.46. The predicted octanol–water partition coefficient (Wildman–Crippen LogP) is 4.65. The Morgan fingerprint density at radius 1 is 1.19 bits per heavy atom. The van der Waals surface area contributed by atoms with Crippen molar-refractivity contribution < 1.29 is 22.7 Å². The number of carbonyl (C=O) groups excluding carboxylic acids is 1. The third-order valence-corrected chi connectivity index (χ3v) is 5.57. The van der Waals surface area contributed by atoms with Gasteiger partial charge >= 0.3 is 6.18 Å². The van der Waals surface area contributed by atoms with Crippen molar-refractivity contribution in [2.24, 2.45) is 0 Å². The number of ether oxygens (including phenoxy) is 1. The lowest BCUT2D eigenvalue weighted by Gasteiger charge is -2.31. The van der Waals surface area contributed by atoms with E-state index in [1.54, 1.807) is 26.1 Å². The molecule has 1 amide bonds. The Bertz CT molecular complexity index is 900. The van der Waals surface area contributed by atoms with Crippen LogP contribution in [0.3, 0.4) is 0 Å². The van der Waals surface area contributed by atoms with Crippen molar-refractivity contribution in [2.75, 3.05) is 43.6 Å². The van der Waals surface area contributed by atoms with Gasteiger partial charge in [-0.1, -0.05) is 23.7 Å². The van der Waals surface area contributed by atoms with Gasteiger partial charge in [0.2, 0.25) is 5.91 Å². The lowest BCUT2D eigenvalue weighted by Crippen LogP contribution is -2.40. The molecule has 9 heteroatoms. The normalized spacial score (nSPS) is 15.8. The standard InChI is InChI=1S/C22H25ClF3N3O2/c1-15(28(2)14-16-3-6-18(23)7-4-16)21(30)27-19-13-17(22(24,25)26)5-8-20(19)29-9-11-31-12-10-29/h3-8,13,15H,9-12,14H2,1-2H3,(H,27,30)/t15-/m1/s1. The van der Waals surface area contributed by atoms with Crippen molar-refractivity contribution in [1.29, 1.82) is 0 Å². The average molecular weight is 456 g/mol. The SMILES string of the molecule is C[C@H](C(=O)Nc1cc(C(F)(F)F)ccc1N1CCOCC1)N(C)Cc1ccc(Cl)cc1. The number of anilines is 2. The molecular formula is C22H25ClF3N3O2. The molecule has 1 atom stereocenters. The molecule has 168 valence electrons. The molecule has 0 saturated carbocycles. The van der Waals surface area contributed by atoms with E-state index in [9.17, 15) is 18.0 Å². The molecule has 5 nitrogen and oxygen atoms in total. The molecular weight excluding hydrogens is 431 g/mol. The van der Waals surface area contributed by atoms with Crippen molar-refractivity contribution in [3.8, 4) is 0 Å². The van der Waals surface area contributed by atoms with Crippen molar-refractivity contribution in [3.05, 3.63) is 58.6 Å². The topological polar surface area (TPSA) is 44.8 Å². The van der Waals surface area contributed by atoms with Gasteiger partial charge in [-0.2, -0.15) is 13.2 Å². The molecule has 1 aliphatic rings. The average Bonchev–Trinajstić information content (AvgIpc) is 2.74. The van der Waals surface area contributed by atoms with Gasteiger partial charge in [0.25, 0.3) is 0 Å². The van der Waals surface area contributed by atoms with Crippen LogP contribution in [-0.2, 0) is 22.3 Å². The maximum absolute atomic E-state index is 13.3. The van der Waals surface area contributed by atoms with Crippen molar-refractivity contribution in [1.82, 2.24) is 4.90 Å². The zero-order valence-electron chi connectivity index (χ0n) is 17.4. The van der Waals surface area contributed by atoms with E-state index in [-0.39, 0.29) is 11.6 Å². The number of rotatable bonds is 6. The number of carbonyl (C=O) groups is 1. The maximum atomic E-state index is 13.3. The van der Waals surface area contributed by atoms with Crippen LogP contribution in [0.4, 0.5) is 24.5 Å². The van der Waals surface area contributed by atoms with E-state index in [0.717, 1.165) is 17.7 Å². The monoisotopic (exact) mass is 455 g/mol. The molecule has 1 saturated heterocycles. The summed E-state index contributed by atoms with van der Waals surface area (Å²) < 4.78 is 45.1. The second-order valence-corrected chi connectivity index (χ2v) is 7.97. The van der Waals surface area contributed by atoms with Crippen LogP contribution in [0.1, 0.15) is 18.1 Å². The van der Waals surface area contributed by atoms with Gasteiger partial charge in [-0.25, -0.2) is 0 Å². The molecule has 0 spiro atoms. The third-order valence-electron chi connectivity index (χ3n) is 5.32. The van der Waals surface area contributed by atoms with E-state index in [2.05, 4.69) is 5.32 Å². The summed E-state index contributed by atoms with van der Waals surface area (Å²) in [6.07, 6.45) is -4.50. The summed E-state index contributed by atoms with van der Waals surface area (Å²) in [5.41, 5.74) is 0.868. The van der Waals surface area contributed by atoms with E-state index in [1.807, 2.05) is 21.9 Å². The first-order valence-electron chi connectivity index (χ1n) is 9.94. The summed E-state index contributed by atoms with van der Waals surface area (Å²) >= 11 is 5.91. The summed E-state index contributed by atoms with van der Waals surface area (Å²) in [6.45, 7) is 4.25. The van der Waals surface area contributed by atoms with Crippen LogP contribution in [0.2, 0.25) is 5.02 Å². The number of amides is 1. The Morgan fingerprint density at radius 2 is 1.84 bits per heavy atom. The number of alkyl halides is 3. The highest BCUT2D eigenvalue weighted by atomic mass is 35.5. The van der Waals surface area contributed by atoms with Crippen molar-refractivity contribution >= 4 is 28.9 Å². The summed E-state index contributed by atoms with van der Waals surface area (Å²) in [5, 5.41) is 3.33. The van der Waals surface area contributed by atoms with Gasteiger partial charge in [-0.15, -0.1) is 0 Å². The minimum Gasteiger partial charge on any atom is -0.378 e. The number of nitrogens with one attached hydrogen (secondary N) is 1.